The zero-order valence-corrected chi connectivity index (χ0v) is 17.3. The van der Waals surface area contributed by atoms with Crippen molar-refractivity contribution in [3.8, 4) is 0 Å². The molecule has 0 aromatic rings. The third kappa shape index (κ3) is 15.7. The Hall–Kier alpha value is -1.76. The Balaban J connectivity index is 3.95. The number of carbonyl (C=O) groups excluding carboxylic acids is 2. The highest BCUT2D eigenvalue weighted by molar-refractivity contribution is 5.67. The normalized spacial score (nSPS) is 11.8. The Morgan fingerprint density at radius 2 is 1.27 bits per heavy atom. The highest BCUT2D eigenvalue weighted by Gasteiger charge is 2.16. The first kappa shape index (κ1) is 24.2. The molecular weight excluding hydrogens is 334 g/mol. The number of hydrogen-bond acceptors (Lipinski definition) is 5. The van der Waals surface area contributed by atoms with Gasteiger partial charge in [-0.1, -0.05) is 6.08 Å². The van der Waals surface area contributed by atoms with Crippen molar-refractivity contribution in [3.63, 3.8) is 0 Å². The summed E-state index contributed by atoms with van der Waals surface area (Å²) in [6, 6.07) is 0. The molecule has 0 fully saturated rings. The van der Waals surface area contributed by atoms with Gasteiger partial charge in [0.25, 0.3) is 0 Å². The summed E-state index contributed by atoms with van der Waals surface area (Å²) in [4.78, 5) is 25.4. The van der Waals surface area contributed by atoms with Gasteiger partial charge in [0, 0.05) is 32.7 Å². The van der Waals surface area contributed by atoms with Crippen molar-refractivity contribution in [3.05, 3.63) is 12.7 Å². The predicted octanol–water partition coefficient (Wildman–Crippen LogP) is 3.30. The van der Waals surface area contributed by atoms with Crippen molar-refractivity contribution in [1.82, 2.24) is 15.5 Å². The number of amides is 2. The largest absolute Gasteiger partial charge is 0.444 e. The fraction of sp³-hybridized carbons (Fsp3) is 0.789. The topological polar surface area (TPSA) is 79.9 Å². The van der Waals surface area contributed by atoms with Crippen molar-refractivity contribution in [2.24, 2.45) is 0 Å². The quantitative estimate of drug-likeness (QED) is 0.455. The van der Waals surface area contributed by atoms with Crippen LogP contribution in [0.4, 0.5) is 9.59 Å². The van der Waals surface area contributed by atoms with Gasteiger partial charge in [0.2, 0.25) is 0 Å². The molecule has 0 aliphatic heterocycles. The lowest BCUT2D eigenvalue weighted by Crippen LogP contribution is -2.36. The standard InChI is InChI=1S/C19H37N3O4/c1-8-13-22(14-9-11-20-16(23)25-18(2,3)4)15-10-12-21-17(24)26-19(5,6)7/h8H,1,9-15H2,2-7H3,(H,20,23)(H,21,24). The Kier molecular flexibility index (Phi) is 11.0. The van der Waals surface area contributed by atoms with Gasteiger partial charge in [-0.25, -0.2) is 9.59 Å². The van der Waals surface area contributed by atoms with Crippen LogP contribution < -0.4 is 10.6 Å². The second-order valence-electron chi connectivity index (χ2n) is 8.15. The molecule has 0 rings (SSSR count). The first-order valence-electron chi connectivity index (χ1n) is 9.20. The maximum Gasteiger partial charge on any atom is 0.407 e. The summed E-state index contributed by atoms with van der Waals surface area (Å²) in [6.07, 6.45) is 2.69. The van der Waals surface area contributed by atoms with Gasteiger partial charge >= 0.3 is 12.2 Å². The van der Waals surface area contributed by atoms with Crippen LogP contribution >= 0.6 is 0 Å². The molecule has 0 aliphatic carbocycles. The molecule has 0 radical (unpaired) electrons. The predicted molar refractivity (Wildman–Crippen MR) is 104 cm³/mol. The second kappa shape index (κ2) is 11.8. The number of ether oxygens (including phenoxy) is 2. The van der Waals surface area contributed by atoms with Gasteiger partial charge in [-0.05, 0) is 54.4 Å². The van der Waals surface area contributed by atoms with E-state index in [1.54, 1.807) is 0 Å². The minimum absolute atomic E-state index is 0.394. The molecular formula is C19H37N3O4. The Labute approximate surface area is 158 Å². The molecule has 152 valence electrons. The van der Waals surface area contributed by atoms with Crippen LogP contribution in [0.25, 0.3) is 0 Å². The minimum atomic E-state index is -0.486. The Bertz CT molecular complexity index is 403. The van der Waals surface area contributed by atoms with E-state index in [1.807, 2.05) is 47.6 Å². The fourth-order valence-corrected chi connectivity index (χ4v) is 2.09. The average molecular weight is 372 g/mol. The minimum Gasteiger partial charge on any atom is -0.444 e. The Morgan fingerprint density at radius 3 is 1.58 bits per heavy atom. The van der Waals surface area contributed by atoms with E-state index in [0.717, 1.165) is 32.5 Å². The number of nitrogens with zero attached hydrogens (tertiary/aromatic N) is 1. The van der Waals surface area contributed by atoms with Crippen molar-refractivity contribution >= 4 is 12.2 Å². The van der Waals surface area contributed by atoms with Gasteiger partial charge in [-0.3, -0.25) is 4.90 Å². The van der Waals surface area contributed by atoms with E-state index in [0.29, 0.717) is 13.1 Å². The monoisotopic (exact) mass is 371 g/mol. The maximum atomic E-state index is 11.6. The molecule has 0 spiro atoms. The summed E-state index contributed by atoms with van der Waals surface area (Å²) in [5, 5.41) is 5.51. The van der Waals surface area contributed by atoms with E-state index in [2.05, 4.69) is 22.1 Å². The third-order valence-electron chi connectivity index (χ3n) is 3.03. The summed E-state index contributed by atoms with van der Waals surface area (Å²) in [6.45, 7) is 18.3. The van der Waals surface area contributed by atoms with E-state index >= 15 is 0 Å². The molecule has 26 heavy (non-hydrogen) atoms. The summed E-state index contributed by atoms with van der Waals surface area (Å²) < 4.78 is 10.4. The number of carbonyl (C=O) groups is 2. The molecule has 2 N–H and O–H groups in total. The van der Waals surface area contributed by atoms with E-state index in [9.17, 15) is 9.59 Å². The molecule has 7 nitrogen and oxygen atoms in total. The van der Waals surface area contributed by atoms with Crippen LogP contribution in [0.1, 0.15) is 54.4 Å². The lowest BCUT2D eigenvalue weighted by molar-refractivity contribution is 0.0516. The molecule has 0 heterocycles. The second-order valence-corrected chi connectivity index (χ2v) is 8.15. The summed E-state index contributed by atoms with van der Waals surface area (Å²) in [5.74, 6) is 0. The van der Waals surface area contributed by atoms with E-state index < -0.39 is 23.4 Å². The first-order chi connectivity index (χ1) is 11.9. The van der Waals surface area contributed by atoms with Gasteiger partial charge in [0.1, 0.15) is 11.2 Å². The maximum absolute atomic E-state index is 11.6. The van der Waals surface area contributed by atoms with Crippen molar-refractivity contribution in [2.75, 3.05) is 32.7 Å². The van der Waals surface area contributed by atoms with Gasteiger partial charge < -0.3 is 20.1 Å². The van der Waals surface area contributed by atoms with Crippen LogP contribution in [0.15, 0.2) is 12.7 Å². The fourth-order valence-electron chi connectivity index (χ4n) is 2.09. The molecule has 2 amide bonds. The van der Waals surface area contributed by atoms with Crippen LogP contribution in [0.2, 0.25) is 0 Å². The van der Waals surface area contributed by atoms with Crippen LogP contribution in [0.3, 0.4) is 0 Å². The zero-order chi connectivity index (χ0) is 20.2. The molecule has 0 atom stereocenters. The number of alkyl carbamates (subject to hydrolysis) is 2. The van der Waals surface area contributed by atoms with E-state index in [-0.39, 0.29) is 0 Å². The van der Waals surface area contributed by atoms with Gasteiger partial charge in [-0.15, -0.1) is 6.58 Å². The number of rotatable bonds is 10. The van der Waals surface area contributed by atoms with E-state index in [1.165, 1.54) is 0 Å². The molecule has 7 heteroatoms. The molecule has 0 aromatic heterocycles. The SMILES string of the molecule is C=CCN(CCCNC(=O)OC(C)(C)C)CCCNC(=O)OC(C)(C)C. The van der Waals surface area contributed by atoms with Crippen LogP contribution in [0, 0.1) is 0 Å². The molecule has 0 saturated carbocycles. The van der Waals surface area contributed by atoms with Gasteiger partial charge in [0.05, 0.1) is 0 Å². The summed E-state index contributed by atoms with van der Waals surface area (Å²) in [7, 11) is 0. The summed E-state index contributed by atoms with van der Waals surface area (Å²) >= 11 is 0. The third-order valence-corrected chi connectivity index (χ3v) is 3.03. The van der Waals surface area contributed by atoms with Crippen LogP contribution in [-0.4, -0.2) is 61.0 Å². The average Bonchev–Trinajstić information content (AvgIpc) is 2.44. The molecule has 0 aliphatic rings. The first-order valence-corrected chi connectivity index (χ1v) is 9.20. The lowest BCUT2D eigenvalue weighted by Gasteiger charge is -2.22. The zero-order valence-electron chi connectivity index (χ0n) is 17.3. The molecule has 0 bridgehead atoms. The van der Waals surface area contributed by atoms with Crippen molar-refractivity contribution < 1.29 is 19.1 Å². The lowest BCUT2D eigenvalue weighted by atomic mass is 10.2. The van der Waals surface area contributed by atoms with Gasteiger partial charge in [0.15, 0.2) is 0 Å². The van der Waals surface area contributed by atoms with Crippen LogP contribution in [-0.2, 0) is 9.47 Å². The molecule has 0 unspecified atom stereocenters. The van der Waals surface area contributed by atoms with Crippen LogP contribution in [0.5, 0.6) is 0 Å². The summed E-state index contributed by atoms with van der Waals surface area (Å²) in [5.41, 5.74) is -0.972. The van der Waals surface area contributed by atoms with E-state index in [4.69, 9.17) is 9.47 Å². The number of hydrogen-bond donors (Lipinski definition) is 2. The van der Waals surface area contributed by atoms with Gasteiger partial charge in [-0.2, -0.15) is 0 Å². The molecule has 0 saturated heterocycles. The number of nitrogens with one attached hydrogen (secondary N) is 2. The highest BCUT2D eigenvalue weighted by Crippen LogP contribution is 2.07. The highest BCUT2D eigenvalue weighted by atomic mass is 16.6. The Morgan fingerprint density at radius 1 is 0.885 bits per heavy atom. The smallest absolute Gasteiger partial charge is 0.407 e. The van der Waals surface area contributed by atoms with Crippen molar-refractivity contribution in [2.45, 2.75) is 65.6 Å². The van der Waals surface area contributed by atoms with Crippen molar-refractivity contribution in [1.29, 1.82) is 0 Å². The molecule has 0 aromatic carbocycles.